The Morgan fingerprint density at radius 3 is 2.76 bits per heavy atom. The molecule has 0 aliphatic carbocycles. The number of alkyl halides is 3. The van der Waals surface area contributed by atoms with E-state index in [2.05, 4.69) is 20.6 Å². The summed E-state index contributed by atoms with van der Waals surface area (Å²) in [5.74, 6) is -1.45. The molecule has 2 rings (SSSR count). The van der Waals surface area contributed by atoms with Crippen molar-refractivity contribution in [2.75, 3.05) is 0 Å². The SMILES string of the molecule is CC(=O)NCc1nn2c(C(F)(F)F)nnc2s1. The largest absolute Gasteiger partial charge is 0.453 e. The molecule has 2 aromatic heterocycles. The average molecular weight is 265 g/mol. The Labute approximate surface area is 96.5 Å². The van der Waals surface area contributed by atoms with Crippen molar-refractivity contribution >= 4 is 22.2 Å². The van der Waals surface area contributed by atoms with Gasteiger partial charge in [0, 0.05) is 6.92 Å². The predicted octanol–water partition coefficient (Wildman–Crippen LogP) is 0.841. The van der Waals surface area contributed by atoms with Crippen molar-refractivity contribution in [3.8, 4) is 0 Å². The molecule has 0 saturated heterocycles. The quantitative estimate of drug-likeness (QED) is 0.873. The number of rotatable bonds is 2. The van der Waals surface area contributed by atoms with Gasteiger partial charge in [0.1, 0.15) is 5.01 Å². The maximum absolute atomic E-state index is 12.4. The number of aromatic nitrogens is 4. The fraction of sp³-hybridized carbons (Fsp3) is 0.429. The van der Waals surface area contributed by atoms with Gasteiger partial charge in [0.2, 0.25) is 10.9 Å². The molecule has 2 heterocycles. The van der Waals surface area contributed by atoms with Crippen molar-refractivity contribution in [2.24, 2.45) is 0 Å². The summed E-state index contributed by atoms with van der Waals surface area (Å²) in [5.41, 5.74) is 0. The summed E-state index contributed by atoms with van der Waals surface area (Å²) in [6, 6.07) is 0. The Kier molecular flexibility index (Phi) is 2.73. The van der Waals surface area contributed by atoms with Gasteiger partial charge in [-0.2, -0.15) is 22.8 Å². The van der Waals surface area contributed by atoms with Crippen molar-refractivity contribution in [2.45, 2.75) is 19.6 Å². The third-order valence-electron chi connectivity index (χ3n) is 1.77. The molecule has 0 unspecified atom stereocenters. The number of nitrogens with one attached hydrogen (secondary N) is 1. The normalized spacial score (nSPS) is 12.0. The molecule has 17 heavy (non-hydrogen) atoms. The lowest BCUT2D eigenvalue weighted by molar-refractivity contribution is -0.146. The van der Waals surface area contributed by atoms with Gasteiger partial charge in [-0.05, 0) is 0 Å². The third kappa shape index (κ3) is 2.35. The number of hydrogen-bond acceptors (Lipinski definition) is 5. The Bertz CT molecular complexity index is 559. The van der Waals surface area contributed by atoms with Gasteiger partial charge in [0.15, 0.2) is 0 Å². The first kappa shape index (κ1) is 11.8. The van der Waals surface area contributed by atoms with Crippen molar-refractivity contribution in [3.05, 3.63) is 10.8 Å². The van der Waals surface area contributed by atoms with Gasteiger partial charge in [0.05, 0.1) is 6.54 Å². The van der Waals surface area contributed by atoms with Gasteiger partial charge in [-0.3, -0.25) is 4.79 Å². The van der Waals surface area contributed by atoms with Crippen LogP contribution in [0, 0.1) is 0 Å². The summed E-state index contributed by atoms with van der Waals surface area (Å²) >= 11 is 0.940. The first-order chi connectivity index (χ1) is 7.88. The monoisotopic (exact) mass is 265 g/mol. The zero-order valence-electron chi connectivity index (χ0n) is 8.45. The van der Waals surface area contributed by atoms with Crippen LogP contribution in [-0.4, -0.2) is 25.7 Å². The Hall–Kier alpha value is -1.71. The summed E-state index contributed by atoms with van der Waals surface area (Å²) in [6.07, 6.45) is -4.60. The summed E-state index contributed by atoms with van der Waals surface area (Å²) in [5, 5.41) is 12.8. The van der Waals surface area contributed by atoms with E-state index in [0.29, 0.717) is 9.52 Å². The number of halogens is 3. The van der Waals surface area contributed by atoms with Crippen molar-refractivity contribution < 1.29 is 18.0 Å². The molecule has 0 aliphatic heterocycles. The zero-order chi connectivity index (χ0) is 12.6. The fourth-order valence-electron chi connectivity index (χ4n) is 1.10. The van der Waals surface area contributed by atoms with E-state index >= 15 is 0 Å². The minimum Gasteiger partial charge on any atom is -0.350 e. The van der Waals surface area contributed by atoms with E-state index in [1.807, 2.05) is 0 Å². The molecule has 10 heteroatoms. The molecule has 2 aromatic rings. The van der Waals surface area contributed by atoms with Crippen molar-refractivity contribution in [3.63, 3.8) is 0 Å². The van der Waals surface area contributed by atoms with Crippen LogP contribution in [0.5, 0.6) is 0 Å². The first-order valence-electron chi connectivity index (χ1n) is 4.40. The lowest BCUT2D eigenvalue weighted by Crippen LogP contribution is -2.19. The Morgan fingerprint density at radius 2 is 2.18 bits per heavy atom. The van der Waals surface area contributed by atoms with Crippen LogP contribution in [-0.2, 0) is 17.5 Å². The highest BCUT2D eigenvalue weighted by molar-refractivity contribution is 7.16. The highest BCUT2D eigenvalue weighted by Gasteiger charge is 2.38. The molecule has 0 atom stereocenters. The molecule has 0 saturated carbocycles. The van der Waals surface area contributed by atoms with Crippen LogP contribution in [0.3, 0.4) is 0 Å². The second kappa shape index (κ2) is 3.95. The second-order valence-electron chi connectivity index (χ2n) is 3.12. The van der Waals surface area contributed by atoms with E-state index in [9.17, 15) is 18.0 Å². The smallest absolute Gasteiger partial charge is 0.350 e. The second-order valence-corrected chi connectivity index (χ2v) is 4.16. The fourth-order valence-corrected chi connectivity index (χ4v) is 1.88. The molecule has 0 radical (unpaired) electrons. The van der Waals surface area contributed by atoms with Crippen molar-refractivity contribution in [1.29, 1.82) is 0 Å². The molecule has 0 aromatic carbocycles. The van der Waals surface area contributed by atoms with Crippen LogP contribution >= 0.6 is 11.3 Å². The summed E-state index contributed by atoms with van der Waals surface area (Å²) < 4.78 is 38.0. The van der Waals surface area contributed by atoms with Crippen LogP contribution in [0.4, 0.5) is 13.2 Å². The Morgan fingerprint density at radius 1 is 1.47 bits per heavy atom. The van der Waals surface area contributed by atoms with Crippen LogP contribution in [0.1, 0.15) is 17.8 Å². The van der Waals surface area contributed by atoms with E-state index in [1.165, 1.54) is 6.92 Å². The molecule has 1 N–H and O–H groups in total. The van der Waals surface area contributed by atoms with Gasteiger partial charge in [0.25, 0.3) is 5.82 Å². The van der Waals surface area contributed by atoms with Crippen LogP contribution in [0.15, 0.2) is 0 Å². The first-order valence-corrected chi connectivity index (χ1v) is 5.22. The molecule has 92 valence electrons. The number of hydrogen-bond donors (Lipinski definition) is 1. The van der Waals surface area contributed by atoms with E-state index in [-0.39, 0.29) is 17.4 Å². The van der Waals surface area contributed by atoms with E-state index in [4.69, 9.17) is 0 Å². The lowest BCUT2D eigenvalue weighted by Gasteiger charge is -2.00. The van der Waals surface area contributed by atoms with Gasteiger partial charge < -0.3 is 5.32 Å². The van der Waals surface area contributed by atoms with E-state index < -0.39 is 12.0 Å². The number of carbonyl (C=O) groups is 1. The van der Waals surface area contributed by atoms with Gasteiger partial charge >= 0.3 is 6.18 Å². The predicted molar refractivity (Wildman–Crippen MR) is 51.2 cm³/mol. The topological polar surface area (TPSA) is 72.2 Å². The van der Waals surface area contributed by atoms with Gasteiger partial charge in [-0.15, -0.1) is 10.2 Å². The Balaban J connectivity index is 2.32. The molecule has 1 amide bonds. The average Bonchev–Trinajstić information content (AvgIpc) is 2.70. The standard InChI is InChI=1S/C7H6F3N5OS/c1-3(16)11-2-4-14-15-5(7(8,9)10)12-13-6(15)17-4/h2H2,1H3,(H,11,16). The maximum Gasteiger partial charge on any atom is 0.453 e. The third-order valence-corrected chi connectivity index (χ3v) is 2.67. The molecule has 6 nitrogen and oxygen atoms in total. The van der Waals surface area contributed by atoms with Gasteiger partial charge in [-0.1, -0.05) is 11.3 Å². The highest BCUT2D eigenvalue weighted by atomic mass is 32.1. The summed E-state index contributed by atoms with van der Waals surface area (Å²) in [6.45, 7) is 1.38. The van der Waals surface area contributed by atoms with Crippen LogP contribution < -0.4 is 5.32 Å². The minimum absolute atomic E-state index is 0.0395. The summed E-state index contributed by atoms with van der Waals surface area (Å²) in [7, 11) is 0. The number of carbonyl (C=O) groups excluding carboxylic acids is 1. The van der Waals surface area contributed by atoms with Gasteiger partial charge in [-0.25, -0.2) is 0 Å². The van der Waals surface area contributed by atoms with Crippen molar-refractivity contribution in [1.82, 2.24) is 25.1 Å². The minimum atomic E-state index is -4.60. The number of nitrogens with zero attached hydrogens (tertiary/aromatic N) is 4. The zero-order valence-corrected chi connectivity index (χ0v) is 9.26. The molecular formula is C7H6F3N5OS. The number of fused-ring (bicyclic) bond motifs is 1. The maximum atomic E-state index is 12.4. The van der Waals surface area contributed by atoms with Crippen LogP contribution in [0.2, 0.25) is 0 Å². The molecule has 0 aliphatic rings. The molecular weight excluding hydrogens is 259 g/mol. The van der Waals surface area contributed by atoms with Crippen LogP contribution in [0.25, 0.3) is 4.96 Å². The van der Waals surface area contributed by atoms with E-state index in [0.717, 1.165) is 11.3 Å². The van der Waals surface area contributed by atoms with E-state index in [1.54, 1.807) is 0 Å². The summed E-state index contributed by atoms with van der Waals surface area (Å²) in [4.78, 5) is 10.7. The lowest BCUT2D eigenvalue weighted by atomic mass is 10.6. The number of amides is 1. The highest BCUT2D eigenvalue weighted by Crippen LogP contribution is 2.28. The molecule has 0 fully saturated rings. The molecule has 0 spiro atoms. The molecule has 0 bridgehead atoms.